The Morgan fingerprint density at radius 2 is 1.88 bits per heavy atom. The van der Waals surface area contributed by atoms with Crippen molar-refractivity contribution in [2.45, 2.75) is 19.1 Å². The SMILES string of the molecule is O=C(COc1ccc2ccccc2c1)NC[C@@H]1OCCc2cn(Cc3ccccc3)nc21. The summed E-state index contributed by atoms with van der Waals surface area (Å²) in [6, 6.07) is 24.1. The Morgan fingerprint density at radius 1 is 1.06 bits per heavy atom. The van der Waals surface area contributed by atoms with E-state index < -0.39 is 0 Å². The quantitative estimate of drug-likeness (QED) is 0.486. The number of hydrogen-bond acceptors (Lipinski definition) is 4. The van der Waals surface area contributed by atoms with Gasteiger partial charge >= 0.3 is 0 Å². The molecule has 1 aliphatic rings. The zero-order valence-corrected chi connectivity index (χ0v) is 17.7. The van der Waals surface area contributed by atoms with Gasteiger partial charge in [0.05, 0.1) is 18.8 Å². The van der Waals surface area contributed by atoms with Crippen molar-refractivity contribution in [3.8, 4) is 5.75 Å². The van der Waals surface area contributed by atoms with E-state index in [0.717, 1.165) is 22.9 Å². The van der Waals surface area contributed by atoms with Gasteiger partial charge in [0.15, 0.2) is 6.61 Å². The van der Waals surface area contributed by atoms with Crippen molar-refractivity contribution < 1.29 is 14.3 Å². The molecule has 0 unspecified atom stereocenters. The Labute approximate surface area is 186 Å². The first-order valence-corrected chi connectivity index (χ1v) is 10.8. The minimum absolute atomic E-state index is 0.0413. The van der Waals surface area contributed by atoms with Crippen LogP contribution in [0.25, 0.3) is 10.8 Å². The van der Waals surface area contributed by atoms with Gasteiger partial charge in [-0.05, 0) is 40.5 Å². The van der Waals surface area contributed by atoms with Crippen molar-refractivity contribution in [3.05, 3.63) is 95.8 Å². The lowest BCUT2D eigenvalue weighted by atomic mass is 10.1. The van der Waals surface area contributed by atoms with Crippen LogP contribution >= 0.6 is 0 Å². The molecule has 6 nitrogen and oxygen atoms in total. The third kappa shape index (κ3) is 4.65. The van der Waals surface area contributed by atoms with E-state index in [0.29, 0.717) is 25.4 Å². The molecule has 0 saturated carbocycles. The van der Waals surface area contributed by atoms with Crippen molar-refractivity contribution in [2.75, 3.05) is 19.8 Å². The molecule has 3 aromatic carbocycles. The van der Waals surface area contributed by atoms with E-state index in [1.54, 1.807) is 0 Å². The summed E-state index contributed by atoms with van der Waals surface area (Å²) in [5.74, 6) is 0.493. The van der Waals surface area contributed by atoms with Gasteiger partial charge in [-0.2, -0.15) is 5.10 Å². The second kappa shape index (κ2) is 9.24. The zero-order chi connectivity index (χ0) is 21.8. The number of nitrogens with one attached hydrogen (secondary N) is 1. The Balaban J connectivity index is 1.16. The first-order valence-electron chi connectivity index (χ1n) is 10.8. The van der Waals surface area contributed by atoms with Gasteiger partial charge in [0, 0.05) is 12.7 Å². The van der Waals surface area contributed by atoms with E-state index in [9.17, 15) is 4.79 Å². The van der Waals surface area contributed by atoms with Crippen LogP contribution in [0.15, 0.2) is 79.0 Å². The van der Waals surface area contributed by atoms with E-state index in [4.69, 9.17) is 14.6 Å². The number of aromatic nitrogens is 2. The molecule has 1 aliphatic heterocycles. The average Bonchev–Trinajstić information content (AvgIpc) is 3.25. The predicted molar refractivity (Wildman–Crippen MR) is 123 cm³/mol. The molecule has 1 amide bonds. The molecule has 162 valence electrons. The molecule has 6 heteroatoms. The number of hydrogen-bond donors (Lipinski definition) is 1. The largest absolute Gasteiger partial charge is 0.484 e. The monoisotopic (exact) mass is 427 g/mol. The van der Waals surface area contributed by atoms with Gasteiger partial charge in [-0.15, -0.1) is 0 Å². The highest BCUT2D eigenvalue weighted by Crippen LogP contribution is 2.25. The number of amides is 1. The molecule has 4 aromatic rings. The number of carbonyl (C=O) groups excluding carboxylic acids is 1. The van der Waals surface area contributed by atoms with E-state index in [2.05, 4.69) is 23.6 Å². The smallest absolute Gasteiger partial charge is 0.258 e. The van der Waals surface area contributed by atoms with Gasteiger partial charge in [-0.25, -0.2) is 0 Å². The van der Waals surface area contributed by atoms with Gasteiger partial charge in [-0.1, -0.05) is 60.7 Å². The van der Waals surface area contributed by atoms with Crippen LogP contribution in [-0.2, 0) is 22.5 Å². The summed E-state index contributed by atoms with van der Waals surface area (Å²) >= 11 is 0. The zero-order valence-electron chi connectivity index (χ0n) is 17.7. The number of ether oxygens (including phenoxy) is 2. The van der Waals surface area contributed by atoms with Gasteiger partial charge in [0.2, 0.25) is 0 Å². The maximum Gasteiger partial charge on any atom is 0.258 e. The normalized spacial score (nSPS) is 15.3. The predicted octanol–water partition coefficient (Wildman–Crippen LogP) is 3.89. The molecule has 1 aromatic heterocycles. The molecule has 0 aliphatic carbocycles. The van der Waals surface area contributed by atoms with E-state index in [1.807, 2.05) is 65.3 Å². The maximum absolute atomic E-state index is 12.4. The fourth-order valence-electron chi connectivity index (χ4n) is 4.00. The second-order valence-corrected chi connectivity index (χ2v) is 7.93. The molecular weight excluding hydrogens is 402 g/mol. The molecule has 0 saturated heterocycles. The third-order valence-corrected chi connectivity index (χ3v) is 5.63. The number of nitrogens with zero attached hydrogens (tertiary/aromatic N) is 2. The topological polar surface area (TPSA) is 65.4 Å². The number of rotatable bonds is 7. The summed E-state index contributed by atoms with van der Waals surface area (Å²) in [6.07, 6.45) is 2.67. The molecular formula is C26H25N3O3. The van der Waals surface area contributed by atoms with Crippen LogP contribution in [0.4, 0.5) is 0 Å². The number of carbonyl (C=O) groups is 1. The summed E-state index contributed by atoms with van der Waals surface area (Å²) in [4.78, 5) is 12.4. The Kier molecular flexibility index (Phi) is 5.85. The van der Waals surface area contributed by atoms with Crippen LogP contribution in [0.2, 0.25) is 0 Å². The fourth-order valence-corrected chi connectivity index (χ4v) is 4.00. The minimum Gasteiger partial charge on any atom is -0.484 e. The summed E-state index contributed by atoms with van der Waals surface area (Å²) in [5, 5.41) is 9.88. The Bertz CT molecular complexity index is 1220. The molecule has 32 heavy (non-hydrogen) atoms. The molecule has 0 spiro atoms. The highest BCUT2D eigenvalue weighted by Gasteiger charge is 2.25. The molecule has 0 radical (unpaired) electrons. The lowest BCUT2D eigenvalue weighted by Gasteiger charge is -2.22. The molecule has 2 heterocycles. The van der Waals surface area contributed by atoms with Crippen LogP contribution in [0.3, 0.4) is 0 Å². The lowest BCUT2D eigenvalue weighted by Crippen LogP contribution is -2.34. The highest BCUT2D eigenvalue weighted by molar-refractivity contribution is 5.84. The van der Waals surface area contributed by atoms with Gasteiger partial charge in [0.1, 0.15) is 11.9 Å². The van der Waals surface area contributed by atoms with Gasteiger partial charge in [-0.3, -0.25) is 9.48 Å². The van der Waals surface area contributed by atoms with Crippen LogP contribution in [0, 0.1) is 0 Å². The number of fused-ring (bicyclic) bond motifs is 2. The summed E-state index contributed by atoms with van der Waals surface area (Å²) in [6.45, 7) is 1.67. The number of benzene rings is 3. The molecule has 0 fully saturated rings. The molecule has 1 atom stereocenters. The average molecular weight is 428 g/mol. The summed E-state index contributed by atoms with van der Waals surface area (Å²) in [7, 11) is 0. The Morgan fingerprint density at radius 3 is 2.75 bits per heavy atom. The van der Waals surface area contributed by atoms with Crippen molar-refractivity contribution in [3.63, 3.8) is 0 Å². The molecule has 0 bridgehead atoms. The van der Waals surface area contributed by atoms with Crippen LogP contribution in [-0.4, -0.2) is 35.4 Å². The highest BCUT2D eigenvalue weighted by atomic mass is 16.5. The van der Waals surface area contributed by atoms with E-state index >= 15 is 0 Å². The van der Waals surface area contributed by atoms with Crippen molar-refractivity contribution >= 4 is 16.7 Å². The fraction of sp³-hybridized carbons (Fsp3) is 0.231. The minimum atomic E-state index is -0.250. The summed E-state index contributed by atoms with van der Waals surface area (Å²) < 4.78 is 13.5. The first-order chi connectivity index (χ1) is 15.7. The molecule has 5 rings (SSSR count). The van der Waals surface area contributed by atoms with Gasteiger partial charge in [0.25, 0.3) is 5.91 Å². The third-order valence-electron chi connectivity index (χ3n) is 5.63. The standard InChI is InChI=1S/C26H25N3O3/c30-25(18-32-23-11-10-20-8-4-5-9-21(20)14-23)27-15-24-26-22(12-13-31-24)17-29(28-26)16-19-6-2-1-3-7-19/h1-11,14,17,24H,12-13,15-16,18H2,(H,27,30)/t24-/m0/s1. The lowest BCUT2D eigenvalue weighted by molar-refractivity contribution is -0.123. The summed E-state index contributed by atoms with van der Waals surface area (Å²) in [5.41, 5.74) is 3.28. The maximum atomic E-state index is 12.4. The van der Waals surface area contributed by atoms with Gasteiger partial charge < -0.3 is 14.8 Å². The molecule has 1 N–H and O–H groups in total. The Hall–Kier alpha value is -3.64. The van der Waals surface area contributed by atoms with Crippen LogP contribution in [0.1, 0.15) is 22.9 Å². The van der Waals surface area contributed by atoms with Crippen molar-refractivity contribution in [1.29, 1.82) is 0 Å². The second-order valence-electron chi connectivity index (χ2n) is 7.93. The van der Waals surface area contributed by atoms with E-state index in [1.165, 1.54) is 11.1 Å². The van der Waals surface area contributed by atoms with Crippen LogP contribution < -0.4 is 10.1 Å². The van der Waals surface area contributed by atoms with Crippen molar-refractivity contribution in [2.24, 2.45) is 0 Å². The van der Waals surface area contributed by atoms with E-state index in [-0.39, 0.29) is 18.6 Å². The van der Waals surface area contributed by atoms with Crippen LogP contribution in [0.5, 0.6) is 5.75 Å². The van der Waals surface area contributed by atoms with Crippen molar-refractivity contribution in [1.82, 2.24) is 15.1 Å². The first kappa shape index (κ1) is 20.3.